The van der Waals surface area contributed by atoms with Gasteiger partial charge in [-0.3, -0.25) is 9.59 Å². The summed E-state index contributed by atoms with van der Waals surface area (Å²) in [4.78, 5) is 23.7. The summed E-state index contributed by atoms with van der Waals surface area (Å²) in [7, 11) is 1.67. The van der Waals surface area contributed by atoms with Crippen LogP contribution in [-0.4, -0.2) is 43.6 Å². The van der Waals surface area contributed by atoms with E-state index in [2.05, 4.69) is 18.3 Å². The lowest BCUT2D eigenvalue weighted by molar-refractivity contribution is -0.129. The van der Waals surface area contributed by atoms with E-state index in [1.54, 1.807) is 14.0 Å². The molecule has 0 aromatic heterocycles. The molecule has 0 radical (unpaired) electrons. The van der Waals surface area contributed by atoms with Crippen molar-refractivity contribution in [3.63, 3.8) is 0 Å². The molecule has 6 nitrogen and oxygen atoms in total. The van der Waals surface area contributed by atoms with Crippen molar-refractivity contribution in [3.05, 3.63) is 41.5 Å². The molecule has 1 aliphatic carbocycles. The maximum absolute atomic E-state index is 12.3. The van der Waals surface area contributed by atoms with E-state index in [0.29, 0.717) is 13.0 Å². The Bertz CT molecular complexity index is 678. The average molecular weight is 374 g/mol. The molecule has 0 bridgehead atoms. The minimum Gasteiger partial charge on any atom is -0.497 e. The Morgan fingerprint density at radius 1 is 1.33 bits per heavy atom. The number of ether oxygens (including phenoxy) is 2. The summed E-state index contributed by atoms with van der Waals surface area (Å²) >= 11 is 0. The highest BCUT2D eigenvalue weighted by Gasteiger charge is 2.50. The average Bonchev–Trinajstić information content (AvgIpc) is 3.22. The molecular formula is C21H30N2O4. The molecule has 1 amide bonds. The molecule has 148 valence electrons. The predicted octanol–water partition coefficient (Wildman–Crippen LogP) is 2.29. The molecule has 2 atom stereocenters. The number of amides is 1. The van der Waals surface area contributed by atoms with Crippen LogP contribution in [0.3, 0.4) is 0 Å². The summed E-state index contributed by atoms with van der Waals surface area (Å²) in [5, 5.41) is 2.71. The van der Waals surface area contributed by atoms with Crippen molar-refractivity contribution >= 4 is 11.7 Å². The van der Waals surface area contributed by atoms with E-state index >= 15 is 0 Å². The third-order valence-corrected chi connectivity index (χ3v) is 4.79. The molecule has 1 aromatic rings. The lowest BCUT2D eigenvalue weighted by atomic mass is 9.94. The first-order valence-electron chi connectivity index (χ1n) is 9.34. The van der Waals surface area contributed by atoms with Gasteiger partial charge in [0.05, 0.1) is 26.3 Å². The highest BCUT2D eigenvalue weighted by Crippen LogP contribution is 2.31. The number of methoxy groups -OCH3 is 1. The summed E-state index contributed by atoms with van der Waals surface area (Å²) in [5.74, 6) is 0.578. The topological polar surface area (TPSA) is 94.0 Å². The minimum absolute atomic E-state index is 0.0444. The zero-order chi connectivity index (χ0) is 19.9. The number of ketones is 1. The van der Waals surface area contributed by atoms with E-state index in [0.717, 1.165) is 25.0 Å². The molecule has 3 N–H and O–H groups in total. The van der Waals surface area contributed by atoms with Crippen molar-refractivity contribution in [1.82, 2.24) is 5.32 Å². The van der Waals surface area contributed by atoms with Gasteiger partial charge in [0, 0.05) is 0 Å². The second-order valence-corrected chi connectivity index (χ2v) is 7.18. The first-order chi connectivity index (χ1) is 12.9. The normalized spacial score (nSPS) is 21.4. The number of epoxide rings is 1. The summed E-state index contributed by atoms with van der Waals surface area (Å²) in [6.07, 6.45) is 5.96. The van der Waals surface area contributed by atoms with E-state index in [-0.39, 0.29) is 18.2 Å². The van der Waals surface area contributed by atoms with Crippen molar-refractivity contribution in [3.8, 4) is 5.75 Å². The monoisotopic (exact) mass is 374 g/mol. The standard InChI is InChI=1S/C13H20N2O3.C8H10O/c1-13(8-18-13)12(17)10(15-11(16)7-14)6-9-4-2-3-5-9;1-7-3-5-8(9-2)6-4-7/h4,10H,2-3,5-8,14H2,1H3,(H,15,16);3-6H,1-2H3/t10-,13?;/m0./s1. The van der Waals surface area contributed by atoms with Gasteiger partial charge in [0.1, 0.15) is 11.4 Å². The highest BCUT2D eigenvalue weighted by molar-refractivity contribution is 5.96. The van der Waals surface area contributed by atoms with Gasteiger partial charge in [0.25, 0.3) is 0 Å². The SMILES string of the molecule is CC1(C(=O)[C@H](CC2=CCCC2)NC(=O)CN)CO1.COc1ccc(C)cc1. The van der Waals surface area contributed by atoms with Gasteiger partial charge in [-0.05, 0) is 51.7 Å². The van der Waals surface area contributed by atoms with E-state index in [1.165, 1.54) is 11.1 Å². The van der Waals surface area contributed by atoms with Crippen molar-refractivity contribution < 1.29 is 19.1 Å². The Balaban J connectivity index is 0.000000244. The van der Waals surface area contributed by atoms with Gasteiger partial charge in [0.2, 0.25) is 5.91 Å². The number of carbonyl (C=O) groups excluding carboxylic acids is 2. The number of carbonyl (C=O) groups is 2. The number of aryl methyl sites for hydroxylation is 1. The van der Waals surface area contributed by atoms with Crippen molar-refractivity contribution in [2.75, 3.05) is 20.3 Å². The molecule has 1 fully saturated rings. The van der Waals surface area contributed by atoms with E-state index in [1.807, 2.05) is 24.3 Å². The lowest BCUT2D eigenvalue weighted by Crippen LogP contribution is -2.48. The Hall–Kier alpha value is -2.18. The van der Waals surface area contributed by atoms with E-state index in [4.69, 9.17) is 15.2 Å². The van der Waals surface area contributed by atoms with Crippen LogP contribution in [-0.2, 0) is 14.3 Å². The molecule has 1 unspecified atom stereocenters. The zero-order valence-corrected chi connectivity index (χ0v) is 16.4. The largest absolute Gasteiger partial charge is 0.497 e. The van der Waals surface area contributed by atoms with Gasteiger partial charge in [-0.2, -0.15) is 0 Å². The first-order valence-corrected chi connectivity index (χ1v) is 9.34. The molecule has 1 heterocycles. The number of rotatable bonds is 7. The van der Waals surface area contributed by atoms with Crippen LogP contribution < -0.4 is 15.8 Å². The smallest absolute Gasteiger partial charge is 0.234 e. The number of allylic oxidation sites excluding steroid dienone is 1. The number of hydrogen-bond donors (Lipinski definition) is 2. The Morgan fingerprint density at radius 2 is 2.00 bits per heavy atom. The fourth-order valence-corrected chi connectivity index (χ4v) is 2.94. The van der Waals surface area contributed by atoms with Gasteiger partial charge in [-0.15, -0.1) is 0 Å². The van der Waals surface area contributed by atoms with Crippen LogP contribution in [0.15, 0.2) is 35.9 Å². The van der Waals surface area contributed by atoms with Crippen LogP contribution in [0.2, 0.25) is 0 Å². The second kappa shape index (κ2) is 9.67. The summed E-state index contributed by atoms with van der Waals surface area (Å²) < 4.78 is 10.1. The highest BCUT2D eigenvalue weighted by atomic mass is 16.6. The van der Waals surface area contributed by atoms with Crippen molar-refractivity contribution in [2.45, 2.75) is 51.2 Å². The fraction of sp³-hybridized carbons (Fsp3) is 0.524. The summed E-state index contributed by atoms with van der Waals surface area (Å²) in [6, 6.07) is 7.46. The molecular weight excluding hydrogens is 344 g/mol. The fourth-order valence-electron chi connectivity index (χ4n) is 2.94. The third kappa shape index (κ3) is 6.48. The van der Waals surface area contributed by atoms with Gasteiger partial charge in [-0.1, -0.05) is 29.3 Å². The molecule has 6 heteroatoms. The number of nitrogens with one attached hydrogen (secondary N) is 1. The van der Waals surface area contributed by atoms with E-state index < -0.39 is 11.6 Å². The Kier molecular flexibility index (Phi) is 7.56. The quantitative estimate of drug-likeness (QED) is 0.564. The third-order valence-electron chi connectivity index (χ3n) is 4.79. The molecule has 27 heavy (non-hydrogen) atoms. The summed E-state index contributed by atoms with van der Waals surface area (Å²) in [6.45, 7) is 4.17. The predicted molar refractivity (Wildman–Crippen MR) is 105 cm³/mol. The van der Waals surface area contributed by atoms with Gasteiger partial charge in [-0.25, -0.2) is 0 Å². The van der Waals surface area contributed by atoms with Gasteiger partial charge < -0.3 is 20.5 Å². The molecule has 3 rings (SSSR count). The Labute approximate surface area is 161 Å². The van der Waals surface area contributed by atoms with Crippen LogP contribution >= 0.6 is 0 Å². The molecule has 1 aromatic carbocycles. The number of nitrogens with two attached hydrogens (primary N) is 1. The molecule has 1 aliphatic heterocycles. The van der Waals surface area contributed by atoms with Gasteiger partial charge in [0.15, 0.2) is 5.78 Å². The van der Waals surface area contributed by atoms with Crippen LogP contribution in [0.5, 0.6) is 5.75 Å². The molecule has 0 spiro atoms. The Morgan fingerprint density at radius 3 is 2.48 bits per heavy atom. The second-order valence-electron chi connectivity index (χ2n) is 7.18. The zero-order valence-electron chi connectivity index (χ0n) is 16.4. The van der Waals surface area contributed by atoms with Crippen molar-refractivity contribution in [2.24, 2.45) is 5.73 Å². The van der Waals surface area contributed by atoms with Gasteiger partial charge >= 0.3 is 0 Å². The first kappa shape index (κ1) is 21.1. The lowest BCUT2D eigenvalue weighted by Gasteiger charge is -2.19. The minimum atomic E-state index is -0.703. The molecule has 2 aliphatic rings. The molecule has 0 saturated carbocycles. The maximum Gasteiger partial charge on any atom is 0.234 e. The van der Waals surface area contributed by atoms with Crippen LogP contribution in [0.1, 0.15) is 38.2 Å². The maximum atomic E-state index is 12.3. The number of hydrogen-bond acceptors (Lipinski definition) is 5. The molecule has 1 saturated heterocycles. The number of benzene rings is 1. The van der Waals surface area contributed by atoms with Crippen LogP contribution in [0.25, 0.3) is 0 Å². The summed E-state index contributed by atoms with van der Waals surface area (Å²) in [5.41, 5.74) is 7.09. The van der Waals surface area contributed by atoms with E-state index in [9.17, 15) is 9.59 Å². The van der Waals surface area contributed by atoms with Crippen LogP contribution in [0.4, 0.5) is 0 Å². The number of Topliss-reactive ketones (excluding diaryl/α,β-unsaturated/α-hetero) is 1. The van der Waals surface area contributed by atoms with Crippen LogP contribution in [0, 0.1) is 6.92 Å². The van der Waals surface area contributed by atoms with Crippen molar-refractivity contribution in [1.29, 1.82) is 0 Å².